The third kappa shape index (κ3) is 4.07. The summed E-state index contributed by atoms with van der Waals surface area (Å²) in [6, 6.07) is 2.52. The number of hydrogen-bond acceptors (Lipinski definition) is 4. The van der Waals surface area contributed by atoms with E-state index >= 15 is 0 Å². The van der Waals surface area contributed by atoms with E-state index in [4.69, 9.17) is 0 Å². The predicted molar refractivity (Wildman–Crippen MR) is 103 cm³/mol. The number of likely N-dealkylation sites (tertiary alicyclic amines) is 1. The van der Waals surface area contributed by atoms with Crippen LogP contribution >= 0.6 is 0 Å². The predicted octanol–water partition coefficient (Wildman–Crippen LogP) is 3.52. The first-order valence-electron chi connectivity index (χ1n) is 9.19. The van der Waals surface area contributed by atoms with Gasteiger partial charge in [-0.05, 0) is 25.6 Å². The molecule has 1 saturated heterocycles. The highest BCUT2D eigenvalue weighted by molar-refractivity contribution is 5.82. The lowest BCUT2D eigenvalue weighted by molar-refractivity contribution is 0.129. The minimum atomic E-state index is 0.476. The van der Waals surface area contributed by atoms with E-state index in [1.54, 1.807) is 0 Å². The van der Waals surface area contributed by atoms with Crippen molar-refractivity contribution in [2.45, 2.75) is 47.2 Å². The van der Waals surface area contributed by atoms with E-state index in [-0.39, 0.29) is 0 Å². The average molecular weight is 342 g/mol. The second-order valence-electron chi connectivity index (χ2n) is 5.90. The first kappa shape index (κ1) is 19.1. The number of pyridine rings is 1. The van der Waals surface area contributed by atoms with Gasteiger partial charge in [-0.25, -0.2) is 4.68 Å². The first-order valence-corrected chi connectivity index (χ1v) is 9.19. The molecule has 136 valence electrons. The van der Waals surface area contributed by atoms with Crippen molar-refractivity contribution in [1.29, 1.82) is 0 Å². The number of likely N-dealkylation sites (N-methyl/N-ethyl adjacent to an activating group) is 1. The molecule has 3 aromatic rings. The molecule has 0 unspecified atom stereocenters. The molecule has 0 bridgehead atoms. The van der Waals surface area contributed by atoms with Crippen molar-refractivity contribution >= 4 is 10.9 Å². The third-order valence-corrected chi connectivity index (χ3v) is 4.19. The summed E-state index contributed by atoms with van der Waals surface area (Å²) in [6.45, 7) is 13.0. The van der Waals surface area contributed by atoms with Crippen LogP contribution in [0.2, 0.25) is 0 Å². The second-order valence-corrected chi connectivity index (χ2v) is 5.90. The Hall–Kier alpha value is -2.21. The Labute approximate surface area is 150 Å². The summed E-state index contributed by atoms with van der Waals surface area (Å²) in [5.41, 5.74) is 3.44. The molecule has 6 heteroatoms. The van der Waals surface area contributed by atoms with Gasteiger partial charge in [0.05, 0.1) is 24.3 Å². The molecule has 0 atom stereocenters. The van der Waals surface area contributed by atoms with Gasteiger partial charge in [0, 0.05) is 37.1 Å². The number of fused-ring (bicyclic) bond motifs is 1. The molecule has 3 aromatic heterocycles. The van der Waals surface area contributed by atoms with E-state index < -0.39 is 0 Å². The Bertz CT molecular complexity index is 782. The fourth-order valence-electron chi connectivity index (χ4n) is 3.02. The lowest BCUT2D eigenvalue weighted by atomic mass is 10.1. The highest BCUT2D eigenvalue weighted by Crippen LogP contribution is 2.21. The lowest BCUT2D eigenvalue weighted by Crippen LogP contribution is -2.45. The van der Waals surface area contributed by atoms with Gasteiger partial charge in [0.15, 0.2) is 0 Å². The Kier molecular flexibility index (Phi) is 6.70. The van der Waals surface area contributed by atoms with Crippen molar-refractivity contribution in [1.82, 2.24) is 29.4 Å². The number of hydrogen-bond donors (Lipinski definition) is 0. The van der Waals surface area contributed by atoms with Gasteiger partial charge in [-0.2, -0.15) is 0 Å². The molecule has 0 aromatic carbocycles. The molecule has 25 heavy (non-hydrogen) atoms. The van der Waals surface area contributed by atoms with E-state index in [1.807, 2.05) is 50.8 Å². The molecule has 4 heterocycles. The minimum Gasteiger partial charge on any atom is -0.341 e. The molecule has 1 fully saturated rings. The van der Waals surface area contributed by atoms with Crippen LogP contribution in [-0.2, 0) is 6.54 Å². The van der Waals surface area contributed by atoms with Crippen LogP contribution in [-0.4, -0.2) is 49.6 Å². The van der Waals surface area contributed by atoms with E-state index in [2.05, 4.69) is 51.1 Å². The highest BCUT2D eigenvalue weighted by atomic mass is 15.5. The number of aryl methyl sites for hydroxylation is 1. The van der Waals surface area contributed by atoms with E-state index in [0.717, 1.165) is 25.3 Å². The summed E-state index contributed by atoms with van der Waals surface area (Å²) in [6.07, 6.45) is 7.98. The third-order valence-electron chi connectivity index (χ3n) is 4.19. The maximum Gasteiger partial charge on any atom is 0.102 e. The summed E-state index contributed by atoms with van der Waals surface area (Å²) >= 11 is 0. The molecule has 0 aliphatic carbocycles. The summed E-state index contributed by atoms with van der Waals surface area (Å²) < 4.78 is 4.21. The van der Waals surface area contributed by atoms with Gasteiger partial charge >= 0.3 is 0 Å². The summed E-state index contributed by atoms with van der Waals surface area (Å²) in [7, 11) is 2.12. The van der Waals surface area contributed by atoms with Gasteiger partial charge < -0.3 is 9.47 Å². The topological polar surface area (TPSA) is 51.8 Å². The van der Waals surface area contributed by atoms with Crippen molar-refractivity contribution in [2.75, 3.05) is 20.1 Å². The Balaban J connectivity index is 0.000000528. The maximum absolute atomic E-state index is 4.31. The van der Waals surface area contributed by atoms with Crippen LogP contribution in [0.4, 0.5) is 0 Å². The fraction of sp³-hybridized carbons (Fsp3) is 0.526. The molecule has 0 amide bonds. The Morgan fingerprint density at radius 2 is 1.84 bits per heavy atom. The summed E-state index contributed by atoms with van der Waals surface area (Å²) in [5.74, 6) is 0. The second kappa shape index (κ2) is 8.76. The van der Waals surface area contributed by atoms with Crippen molar-refractivity contribution in [3.8, 4) is 0 Å². The Morgan fingerprint density at radius 3 is 2.52 bits per heavy atom. The van der Waals surface area contributed by atoms with Gasteiger partial charge in [-0.3, -0.25) is 4.98 Å². The number of aromatic nitrogens is 5. The zero-order valence-corrected chi connectivity index (χ0v) is 16.3. The summed E-state index contributed by atoms with van der Waals surface area (Å²) in [4.78, 5) is 6.48. The molecule has 1 aliphatic rings. The van der Waals surface area contributed by atoms with Gasteiger partial charge in [-0.1, -0.05) is 32.9 Å². The highest BCUT2D eigenvalue weighted by Gasteiger charge is 2.25. The smallest absolute Gasteiger partial charge is 0.102 e. The van der Waals surface area contributed by atoms with E-state index in [0.29, 0.717) is 6.04 Å². The standard InChI is InChI=1S/C15H18N6.2C2H6/c1-11-6-20(15-3-4-16-5-14(11)15)7-12-8-21(18-17-12)13-9-19(2)10-13;2*1-2/h3-6,8,13H,7,9-10H2,1-2H3;2*1-2H3. The van der Waals surface area contributed by atoms with E-state index in [9.17, 15) is 0 Å². The van der Waals surface area contributed by atoms with Crippen molar-refractivity contribution < 1.29 is 0 Å². The van der Waals surface area contributed by atoms with Crippen LogP contribution in [0, 0.1) is 6.92 Å². The molecule has 0 spiro atoms. The lowest BCUT2D eigenvalue weighted by Gasteiger charge is -2.35. The largest absolute Gasteiger partial charge is 0.341 e. The van der Waals surface area contributed by atoms with Crippen LogP contribution in [0.15, 0.2) is 30.9 Å². The van der Waals surface area contributed by atoms with Crippen molar-refractivity contribution in [2.24, 2.45) is 0 Å². The van der Waals surface area contributed by atoms with Gasteiger partial charge in [-0.15, -0.1) is 5.10 Å². The molecule has 0 radical (unpaired) electrons. The van der Waals surface area contributed by atoms with Crippen molar-refractivity contribution in [3.63, 3.8) is 0 Å². The first-order chi connectivity index (χ1) is 12.2. The monoisotopic (exact) mass is 342 g/mol. The van der Waals surface area contributed by atoms with Crippen LogP contribution in [0.5, 0.6) is 0 Å². The van der Waals surface area contributed by atoms with Crippen LogP contribution in [0.1, 0.15) is 45.0 Å². The number of nitrogens with zero attached hydrogens (tertiary/aromatic N) is 6. The molecule has 1 aliphatic heterocycles. The van der Waals surface area contributed by atoms with Gasteiger partial charge in [0.25, 0.3) is 0 Å². The molecular formula is C19H30N6. The normalized spacial score (nSPS) is 14.3. The van der Waals surface area contributed by atoms with Crippen molar-refractivity contribution in [3.05, 3.63) is 42.1 Å². The molecule has 6 nitrogen and oxygen atoms in total. The zero-order valence-electron chi connectivity index (χ0n) is 16.3. The SMILES string of the molecule is CC.CC.Cc1cn(Cc2cn(C3CN(C)C3)nn2)c2ccncc12. The fourth-order valence-corrected chi connectivity index (χ4v) is 3.02. The number of rotatable bonds is 3. The average Bonchev–Trinajstić information content (AvgIpc) is 3.21. The molecule has 0 saturated carbocycles. The quantitative estimate of drug-likeness (QED) is 0.731. The van der Waals surface area contributed by atoms with Crippen LogP contribution < -0.4 is 0 Å². The molecule has 0 N–H and O–H groups in total. The Morgan fingerprint density at radius 1 is 1.12 bits per heavy atom. The maximum atomic E-state index is 4.31. The van der Waals surface area contributed by atoms with Gasteiger partial charge in [0.1, 0.15) is 5.69 Å². The van der Waals surface area contributed by atoms with Gasteiger partial charge in [0.2, 0.25) is 0 Å². The zero-order chi connectivity index (χ0) is 18.4. The molecule has 4 rings (SSSR count). The van der Waals surface area contributed by atoms with Crippen LogP contribution in [0.3, 0.4) is 0 Å². The summed E-state index contributed by atoms with van der Waals surface area (Å²) in [5, 5.41) is 9.78. The molecular weight excluding hydrogens is 312 g/mol. The van der Waals surface area contributed by atoms with Crippen LogP contribution in [0.25, 0.3) is 10.9 Å². The van der Waals surface area contributed by atoms with E-state index in [1.165, 1.54) is 16.5 Å². The minimum absolute atomic E-state index is 0.476.